The van der Waals surface area contributed by atoms with Crippen LogP contribution in [0.15, 0.2) is 18.2 Å². The quantitative estimate of drug-likeness (QED) is 0.830. The lowest BCUT2D eigenvalue weighted by molar-refractivity contribution is -0.126. The van der Waals surface area contributed by atoms with E-state index in [2.05, 4.69) is 0 Å². The van der Waals surface area contributed by atoms with Crippen LogP contribution in [0.25, 0.3) is 0 Å². The number of amides is 1. The highest BCUT2D eigenvalue weighted by atomic mass is 35.5. The summed E-state index contributed by atoms with van der Waals surface area (Å²) < 4.78 is 29.3. The molecule has 0 atom stereocenters. The number of methoxy groups -OCH3 is 1. The predicted octanol–water partition coefficient (Wildman–Crippen LogP) is 2.23. The van der Waals surface area contributed by atoms with Crippen molar-refractivity contribution in [3.05, 3.63) is 28.8 Å². The van der Waals surface area contributed by atoms with Gasteiger partial charge in [0.1, 0.15) is 5.75 Å². The fourth-order valence-corrected chi connectivity index (χ4v) is 4.12. The number of nitrogens with zero attached hydrogens (tertiary/aromatic N) is 1. The van der Waals surface area contributed by atoms with Crippen molar-refractivity contribution in [2.24, 2.45) is 0 Å². The van der Waals surface area contributed by atoms with E-state index < -0.39 is 10.0 Å². The smallest absolute Gasteiger partial charge is 0.237 e. The zero-order chi connectivity index (χ0) is 15.5. The first-order chi connectivity index (χ1) is 9.94. The lowest BCUT2D eigenvalue weighted by Crippen LogP contribution is -2.32. The third kappa shape index (κ3) is 3.89. The van der Waals surface area contributed by atoms with E-state index in [1.165, 1.54) is 0 Å². The maximum absolute atomic E-state index is 11.9. The lowest BCUT2D eigenvalue weighted by atomic mass is 10.1. The summed E-state index contributed by atoms with van der Waals surface area (Å²) in [6.45, 7) is 0.310. The van der Waals surface area contributed by atoms with Crippen LogP contribution in [0.1, 0.15) is 24.8 Å². The van der Waals surface area contributed by atoms with E-state index in [1.54, 1.807) is 13.2 Å². The van der Waals surface area contributed by atoms with Gasteiger partial charge in [-0.05, 0) is 37.0 Å². The largest absolute Gasteiger partial charge is 0.497 e. The molecule has 7 heteroatoms. The van der Waals surface area contributed by atoms with Crippen molar-refractivity contribution < 1.29 is 17.9 Å². The van der Waals surface area contributed by atoms with E-state index in [1.807, 2.05) is 12.1 Å². The number of carbonyl (C=O) groups is 1. The summed E-state index contributed by atoms with van der Waals surface area (Å²) in [6, 6.07) is 5.40. The SMILES string of the molecule is COc1ccc(CCCC(=O)N2CCCS2(=O)=O)c(Cl)c1. The van der Waals surface area contributed by atoms with Gasteiger partial charge in [0, 0.05) is 18.0 Å². The Morgan fingerprint density at radius 3 is 2.76 bits per heavy atom. The van der Waals surface area contributed by atoms with E-state index >= 15 is 0 Å². The highest BCUT2D eigenvalue weighted by molar-refractivity contribution is 7.89. The molecule has 1 aromatic carbocycles. The van der Waals surface area contributed by atoms with E-state index in [-0.39, 0.29) is 18.1 Å². The Kier molecular flexibility index (Phi) is 5.11. The van der Waals surface area contributed by atoms with Crippen molar-refractivity contribution in [2.75, 3.05) is 19.4 Å². The molecule has 0 saturated carbocycles. The Morgan fingerprint density at radius 1 is 1.43 bits per heavy atom. The molecular weight excluding hydrogens is 314 g/mol. The van der Waals surface area contributed by atoms with Crippen LogP contribution in [0.4, 0.5) is 0 Å². The van der Waals surface area contributed by atoms with Gasteiger partial charge < -0.3 is 4.74 Å². The standard InChI is InChI=1S/C14H18ClNO4S/c1-20-12-7-6-11(13(15)10-12)4-2-5-14(17)16-8-3-9-21(16,18)19/h6-7,10H,2-5,8-9H2,1H3. The fourth-order valence-electron chi connectivity index (χ4n) is 2.33. The third-order valence-corrected chi connectivity index (χ3v) is 5.69. The van der Waals surface area contributed by atoms with Gasteiger partial charge in [0.2, 0.25) is 15.9 Å². The molecule has 1 aromatic rings. The summed E-state index contributed by atoms with van der Waals surface area (Å²) in [5.74, 6) is 0.434. The van der Waals surface area contributed by atoms with E-state index in [9.17, 15) is 13.2 Å². The molecule has 1 amide bonds. The molecule has 1 saturated heterocycles. The maximum Gasteiger partial charge on any atom is 0.237 e. The maximum atomic E-state index is 11.9. The average Bonchev–Trinajstić information content (AvgIpc) is 2.80. The van der Waals surface area contributed by atoms with Gasteiger partial charge in [-0.25, -0.2) is 12.7 Å². The zero-order valence-electron chi connectivity index (χ0n) is 11.8. The summed E-state index contributed by atoms with van der Waals surface area (Å²) in [5.41, 5.74) is 0.926. The zero-order valence-corrected chi connectivity index (χ0v) is 13.4. The molecule has 5 nitrogen and oxygen atoms in total. The van der Waals surface area contributed by atoms with Crippen LogP contribution in [0.2, 0.25) is 5.02 Å². The second kappa shape index (κ2) is 6.66. The molecule has 0 radical (unpaired) electrons. The third-order valence-electron chi connectivity index (χ3n) is 3.47. The molecule has 0 spiro atoms. The van der Waals surface area contributed by atoms with Crippen LogP contribution in [0.3, 0.4) is 0 Å². The first kappa shape index (κ1) is 16.1. The number of sulfonamides is 1. The minimum absolute atomic E-state index is 0.0725. The molecule has 1 aliphatic heterocycles. The van der Waals surface area contributed by atoms with Gasteiger partial charge in [-0.2, -0.15) is 0 Å². The van der Waals surface area contributed by atoms with Crippen molar-refractivity contribution in [3.8, 4) is 5.75 Å². The highest BCUT2D eigenvalue weighted by Crippen LogP contribution is 2.24. The molecule has 1 aliphatic rings. The molecule has 0 N–H and O–H groups in total. The Morgan fingerprint density at radius 2 is 2.19 bits per heavy atom. The molecule has 1 heterocycles. The predicted molar refractivity (Wildman–Crippen MR) is 81.1 cm³/mol. The minimum Gasteiger partial charge on any atom is -0.497 e. The Balaban J connectivity index is 1.88. The van der Waals surface area contributed by atoms with Gasteiger partial charge in [0.25, 0.3) is 0 Å². The summed E-state index contributed by atoms with van der Waals surface area (Å²) >= 11 is 6.12. The van der Waals surface area contributed by atoms with Crippen LogP contribution in [-0.2, 0) is 21.2 Å². The van der Waals surface area contributed by atoms with Gasteiger partial charge >= 0.3 is 0 Å². The number of carbonyl (C=O) groups excluding carboxylic acids is 1. The molecule has 21 heavy (non-hydrogen) atoms. The first-order valence-electron chi connectivity index (χ1n) is 6.80. The molecular formula is C14H18ClNO4S. The van der Waals surface area contributed by atoms with Crippen molar-refractivity contribution in [2.45, 2.75) is 25.7 Å². The normalized spacial score (nSPS) is 17.0. The molecule has 0 bridgehead atoms. The van der Waals surface area contributed by atoms with Crippen LogP contribution < -0.4 is 4.74 Å². The van der Waals surface area contributed by atoms with E-state index in [4.69, 9.17) is 16.3 Å². The first-order valence-corrected chi connectivity index (χ1v) is 8.78. The fraction of sp³-hybridized carbons (Fsp3) is 0.500. The highest BCUT2D eigenvalue weighted by Gasteiger charge is 2.31. The number of ether oxygens (including phenoxy) is 1. The van der Waals surface area contributed by atoms with Gasteiger partial charge in [0.05, 0.1) is 12.9 Å². The Bertz CT molecular complexity index is 630. The number of hydrogen-bond donors (Lipinski definition) is 0. The van der Waals surface area contributed by atoms with Crippen molar-refractivity contribution in [1.29, 1.82) is 0 Å². The molecule has 0 aromatic heterocycles. The minimum atomic E-state index is -3.36. The molecule has 0 aliphatic carbocycles. The summed E-state index contributed by atoms with van der Waals surface area (Å²) in [7, 11) is -1.79. The number of rotatable bonds is 5. The number of aryl methyl sites for hydroxylation is 1. The van der Waals surface area contributed by atoms with Crippen LogP contribution in [-0.4, -0.2) is 38.0 Å². The topological polar surface area (TPSA) is 63.7 Å². The van der Waals surface area contributed by atoms with Gasteiger partial charge in [0.15, 0.2) is 0 Å². The van der Waals surface area contributed by atoms with Crippen LogP contribution in [0.5, 0.6) is 5.75 Å². The second-order valence-electron chi connectivity index (χ2n) is 4.95. The average molecular weight is 332 g/mol. The van der Waals surface area contributed by atoms with Crippen molar-refractivity contribution in [1.82, 2.24) is 4.31 Å². The van der Waals surface area contributed by atoms with Gasteiger partial charge in [-0.1, -0.05) is 17.7 Å². The van der Waals surface area contributed by atoms with Crippen molar-refractivity contribution >= 4 is 27.5 Å². The Labute approximate surface area is 129 Å². The van der Waals surface area contributed by atoms with Gasteiger partial charge in [-0.15, -0.1) is 0 Å². The lowest BCUT2D eigenvalue weighted by Gasteiger charge is -2.14. The number of halogens is 1. The van der Waals surface area contributed by atoms with Gasteiger partial charge in [-0.3, -0.25) is 4.79 Å². The van der Waals surface area contributed by atoms with Crippen molar-refractivity contribution in [3.63, 3.8) is 0 Å². The van der Waals surface area contributed by atoms with Crippen LogP contribution >= 0.6 is 11.6 Å². The second-order valence-corrected chi connectivity index (χ2v) is 7.37. The number of hydrogen-bond acceptors (Lipinski definition) is 4. The number of benzene rings is 1. The monoisotopic (exact) mass is 331 g/mol. The molecule has 1 fully saturated rings. The van der Waals surface area contributed by atoms with E-state index in [0.717, 1.165) is 9.87 Å². The molecule has 2 rings (SSSR count). The van der Waals surface area contributed by atoms with Crippen LogP contribution in [0, 0.1) is 0 Å². The Hall–Kier alpha value is -1.27. The van der Waals surface area contributed by atoms with E-state index in [0.29, 0.717) is 36.6 Å². The summed E-state index contributed by atoms with van der Waals surface area (Å²) in [5, 5.41) is 0.593. The summed E-state index contributed by atoms with van der Waals surface area (Å²) in [4.78, 5) is 11.9. The molecule has 116 valence electrons. The molecule has 0 unspecified atom stereocenters. The summed E-state index contributed by atoms with van der Waals surface area (Å²) in [6.07, 6.45) is 1.93.